The first kappa shape index (κ1) is 28.5. The van der Waals surface area contributed by atoms with Crippen LogP contribution in [0.4, 0.5) is 43.0 Å². The molecule has 210 valence electrons. The molecule has 1 aromatic carbocycles. The Bertz CT molecular complexity index is 1360. The highest BCUT2D eigenvalue weighted by Gasteiger charge is 2.49. The lowest BCUT2D eigenvalue weighted by Gasteiger charge is -2.27. The number of anilines is 2. The molecule has 39 heavy (non-hydrogen) atoms. The van der Waals surface area contributed by atoms with Crippen molar-refractivity contribution in [2.75, 3.05) is 23.4 Å². The van der Waals surface area contributed by atoms with Crippen molar-refractivity contribution in [3.8, 4) is 0 Å². The van der Waals surface area contributed by atoms with Crippen molar-refractivity contribution < 1.29 is 41.1 Å². The van der Waals surface area contributed by atoms with Crippen LogP contribution in [0.25, 0.3) is 0 Å². The number of alkyl halides is 3. The summed E-state index contributed by atoms with van der Waals surface area (Å²) in [5.41, 5.74) is -2.36. The molecule has 0 bridgehead atoms. The number of carbonyl (C=O) groups is 3. The Labute approximate surface area is 225 Å². The van der Waals surface area contributed by atoms with E-state index in [2.05, 4.69) is 4.98 Å². The minimum absolute atomic E-state index is 0.00455. The third-order valence-corrected chi connectivity index (χ3v) is 6.65. The number of amides is 4. The van der Waals surface area contributed by atoms with Crippen LogP contribution in [0.2, 0.25) is 5.02 Å². The van der Waals surface area contributed by atoms with E-state index in [-0.39, 0.29) is 24.1 Å². The van der Waals surface area contributed by atoms with Gasteiger partial charge in [-0.2, -0.15) is 13.2 Å². The molecule has 1 saturated heterocycles. The maximum atomic E-state index is 14.7. The largest absolute Gasteiger partial charge is 0.443 e. The molecule has 4 rings (SSSR count). The molecule has 0 spiro atoms. The van der Waals surface area contributed by atoms with E-state index in [1.54, 1.807) is 20.8 Å². The maximum Gasteiger partial charge on any atom is 0.418 e. The van der Waals surface area contributed by atoms with Gasteiger partial charge < -0.3 is 9.64 Å². The number of imide groups is 1. The summed E-state index contributed by atoms with van der Waals surface area (Å²) >= 11 is 5.64. The number of hydrogen-bond acceptors (Lipinski definition) is 5. The Morgan fingerprint density at radius 2 is 1.82 bits per heavy atom. The van der Waals surface area contributed by atoms with Gasteiger partial charge in [0.15, 0.2) is 5.82 Å². The summed E-state index contributed by atoms with van der Waals surface area (Å²) < 4.78 is 75.5. The molecule has 2 aromatic rings. The Morgan fingerprint density at radius 3 is 2.44 bits per heavy atom. The Kier molecular flexibility index (Phi) is 7.26. The van der Waals surface area contributed by atoms with Crippen molar-refractivity contribution in [2.45, 2.75) is 57.9 Å². The van der Waals surface area contributed by atoms with Crippen LogP contribution < -0.4 is 9.80 Å². The van der Waals surface area contributed by atoms with E-state index in [0.29, 0.717) is 22.3 Å². The van der Waals surface area contributed by atoms with Crippen molar-refractivity contribution in [3.05, 3.63) is 51.7 Å². The molecule has 1 aliphatic carbocycles. The minimum atomic E-state index is -4.77. The van der Waals surface area contributed by atoms with Gasteiger partial charge in [0.25, 0.3) is 5.91 Å². The van der Waals surface area contributed by atoms with Crippen LogP contribution >= 0.6 is 11.6 Å². The second kappa shape index (κ2) is 9.92. The fraction of sp³-hybridized carbons (Fsp3) is 0.440. The highest BCUT2D eigenvalue weighted by atomic mass is 35.5. The lowest BCUT2D eigenvalue weighted by molar-refractivity contribution is -0.138. The van der Waals surface area contributed by atoms with Crippen LogP contribution in [0.1, 0.15) is 44.0 Å². The molecule has 1 atom stereocenters. The number of likely N-dealkylation sites (N-methyl/N-ethyl adjacent to an activating group) is 1. The number of benzene rings is 1. The van der Waals surface area contributed by atoms with Gasteiger partial charge in [-0.15, -0.1) is 0 Å². The van der Waals surface area contributed by atoms with E-state index in [0.717, 1.165) is 24.1 Å². The Balaban J connectivity index is 1.81. The van der Waals surface area contributed by atoms with E-state index in [1.165, 1.54) is 0 Å². The first-order chi connectivity index (χ1) is 18.0. The van der Waals surface area contributed by atoms with Crippen LogP contribution in [0.3, 0.4) is 0 Å². The molecule has 8 nitrogen and oxygen atoms in total. The first-order valence-electron chi connectivity index (χ1n) is 11.9. The van der Waals surface area contributed by atoms with Gasteiger partial charge in [-0.3, -0.25) is 9.69 Å². The monoisotopic (exact) mass is 574 g/mol. The summed E-state index contributed by atoms with van der Waals surface area (Å²) in [6, 6.07) is -0.335. The fourth-order valence-corrected chi connectivity index (χ4v) is 4.69. The summed E-state index contributed by atoms with van der Waals surface area (Å²) in [6.07, 6.45) is -5.12. The smallest absolute Gasteiger partial charge is 0.418 e. The molecule has 2 aliphatic rings. The van der Waals surface area contributed by atoms with Crippen LogP contribution in [0, 0.1) is 11.6 Å². The molecule has 0 saturated carbocycles. The average Bonchev–Trinajstić information content (AvgIpc) is 3.43. The van der Waals surface area contributed by atoms with Crippen LogP contribution in [-0.4, -0.2) is 53.2 Å². The van der Waals surface area contributed by atoms with Crippen LogP contribution in [0.5, 0.6) is 0 Å². The van der Waals surface area contributed by atoms with E-state index in [4.69, 9.17) is 16.3 Å². The number of rotatable bonds is 3. The average molecular weight is 575 g/mol. The quantitative estimate of drug-likeness (QED) is 0.345. The van der Waals surface area contributed by atoms with Gasteiger partial charge in [0.05, 0.1) is 17.8 Å². The molecule has 4 amide bonds. The molecular formula is C25H24ClF5N4O4. The Morgan fingerprint density at radius 1 is 1.15 bits per heavy atom. The van der Waals surface area contributed by atoms with Gasteiger partial charge >= 0.3 is 18.3 Å². The predicted molar refractivity (Wildman–Crippen MR) is 131 cm³/mol. The van der Waals surface area contributed by atoms with Gasteiger partial charge in [-0.05, 0) is 63.8 Å². The number of aryl methyl sites for hydroxylation is 1. The number of ether oxygens (including phenoxy) is 1. The number of hydrogen-bond donors (Lipinski definition) is 0. The SMILES string of the molecule is CN(C(=O)[C@@H]1CN(C(=O)OC(C)(C)C)C(=O)N1c1cc(C(F)(F)F)c2c(n1)CCC2)c1ccc(F)c(Cl)c1F. The zero-order valence-corrected chi connectivity index (χ0v) is 22.1. The standard InChI is InChI=1S/C25H24ClF5N4O4/c1-24(2,3)39-23(38)34-11-17(21(36)33(4)16-9-8-14(27)19(26)20(16)28)35(22(34)37)18-10-13(25(29,30)31)12-6-5-7-15(12)32-18/h8-10,17H,5-7,11H2,1-4H3/t17-/m0/s1. The number of nitrogens with zero attached hydrogens (tertiary/aromatic N) is 4. The van der Waals surface area contributed by atoms with Crippen LogP contribution in [-0.2, 0) is 28.5 Å². The second-order valence-electron chi connectivity index (χ2n) is 10.2. The normalized spacial score (nSPS) is 17.5. The highest BCUT2D eigenvalue weighted by molar-refractivity contribution is 6.31. The van der Waals surface area contributed by atoms with Gasteiger partial charge in [0.2, 0.25) is 0 Å². The molecule has 1 aliphatic heterocycles. The Hall–Kier alpha value is -3.48. The van der Waals surface area contributed by atoms with Gasteiger partial charge in [-0.25, -0.2) is 28.3 Å². The van der Waals surface area contributed by atoms with E-state index in [1.807, 2.05) is 0 Å². The lowest BCUT2D eigenvalue weighted by atomic mass is 10.1. The van der Waals surface area contributed by atoms with Crippen molar-refractivity contribution in [2.24, 2.45) is 0 Å². The van der Waals surface area contributed by atoms with E-state index in [9.17, 15) is 36.3 Å². The van der Waals surface area contributed by atoms with Gasteiger partial charge in [0, 0.05) is 12.7 Å². The first-order valence-corrected chi connectivity index (χ1v) is 12.2. The number of pyridine rings is 1. The van der Waals surface area contributed by atoms with Gasteiger partial charge in [-0.1, -0.05) is 11.6 Å². The molecular weight excluding hydrogens is 551 g/mol. The molecule has 14 heteroatoms. The minimum Gasteiger partial charge on any atom is -0.443 e. The molecule has 0 N–H and O–H groups in total. The van der Waals surface area contributed by atoms with E-state index < -0.39 is 76.1 Å². The molecule has 2 heterocycles. The van der Waals surface area contributed by atoms with Crippen LogP contribution in [0.15, 0.2) is 18.2 Å². The van der Waals surface area contributed by atoms with Gasteiger partial charge in [0.1, 0.15) is 28.3 Å². The topological polar surface area (TPSA) is 83.1 Å². The number of fused-ring (bicyclic) bond motifs is 1. The number of aromatic nitrogens is 1. The second-order valence-corrected chi connectivity index (χ2v) is 10.5. The number of urea groups is 1. The fourth-order valence-electron chi connectivity index (χ4n) is 4.53. The number of halogens is 6. The highest BCUT2D eigenvalue weighted by Crippen LogP contribution is 2.40. The van der Waals surface area contributed by atoms with Crippen molar-refractivity contribution >= 4 is 41.1 Å². The third kappa shape index (κ3) is 5.36. The third-order valence-electron chi connectivity index (χ3n) is 6.30. The summed E-state index contributed by atoms with van der Waals surface area (Å²) in [5.74, 6) is -3.83. The lowest BCUT2D eigenvalue weighted by Crippen LogP contribution is -2.47. The van der Waals surface area contributed by atoms with E-state index >= 15 is 0 Å². The molecule has 1 fully saturated rings. The molecule has 0 radical (unpaired) electrons. The zero-order chi connectivity index (χ0) is 29.0. The van der Waals surface area contributed by atoms with Crippen molar-refractivity contribution in [1.82, 2.24) is 9.88 Å². The summed E-state index contributed by atoms with van der Waals surface area (Å²) in [5, 5.41) is -0.878. The molecule has 0 unspecified atom stereocenters. The van der Waals surface area contributed by atoms with Crippen molar-refractivity contribution in [1.29, 1.82) is 0 Å². The maximum absolute atomic E-state index is 14.7. The predicted octanol–water partition coefficient (Wildman–Crippen LogP) is 5.73. The molecule has 1 aromatic heterocycles. The zero-order valence-electron chi connectivity index (χ0n) is 21.3. The number of carbonyl (C=O) groups excluding carboxylic acids is 3. The van der Waals surface area contributed by atoms with Crippen molar-refractivity contribution in [3.63, 3.8) is 0 Å². The summed E-state index contributed by atoms with van der Waals surface area (Å²) in [4.78, 5) is 46.1. The summed E-state index contributed by atoms with van der Waals surface area (Å²) in [7, 11) is 1.12. The summed E-state index contributed by atoms with van der Waals surface area (Å²) in [6.45, 7) is 3.99.